The number of amides is 1. The molecule has 0 saturated carbocycles. The minimum Gasteiger partial charge on any atom is -0.444 e. The van der Waals surface area contributed by atoms with Crippen LogP contribution in [0.2, 0.25) is 0 Å². The Bertz CT molecular complexity index is 579. The lowest BCUT2D eigenvalue weighted by atomic mass is 10.2. The lowest BCUT2D eigenvalue weighted by Crippen LogP contribution is -2.43. The summed E-state index contributed by atoms with van der Waals surface area (Å²) in [4.78, 5) is 33.4. The van der Waals surface area contributed by atoms with Crippen molar-refractivity contribution in [3.8, 4) is 5.75 Å². The second kappa shape index (κ2) is 6.88. The molecule has 0 spiro atoms. The third kappa shape index (κ3) is 5.78. The Balaban J connectivity index is 2.63. The first-order chi connectivity index (χ1) is 10.1. The zero-order valence-corrected chi connectivity index (χ0v) is 12.8. The Morgan fingerprint density at radius 1 is 1.32 bits per heavy atom. The summed E-state index contributed by atoms with van der Waals surface area (Å²) < 4.78 is 10.00. The monoisotopic (exact) mass is 310 g/mol. The summed E-state index contributed by atoms with van der Waals surface area (Å²) in [5.74, 6) is -0.733. The van der Waals surface area contributed by atoms with Gasteiger partial charge in [-0.3, -0.25) is 10.1 Å². The highest BCUT2D eigenvalue weighted by Crippen LogP contribution is 2.19. The van der Waals surface area contributed by atoms with E-state index in [-0.39, 0.29) is 11.4 Å². The van der Waals surface area contributed by atoms with Crippen molar-refractivity contribution < 1.29 is 24.0 Å². The molecule has 1 amide bonds. The van der Waals surface area contributed by atoms with Gasteiger partial charge in [-0.2, -0.15) is 0 Å². The number of nitrogens with zero attached hydrogens (tertiary/aromatic N) is 1. The van der Waals surface area contributed by atoms with Crippen molar-refractivity contribution in [3.05, 3.63) is 34.4 Å². The van der Waals surface area contributed by atoms with Crippen LogP contribution in [-0.4, -0.2) is 28.6 Å². The van der Waals surface area contributed by atoms with Gasteiger partial charge in [-0.1, -0.05) is 6.07 Å². The molecule has 120 valence electrons. The Morgan fingerprint density at radius 2 is 1.95 bits per heavy atom. The second-order valence-electron chi connectivity index (χ2n) is 5.54. The zero-order chi connectivity index (χ0) is 16.9. The van der Waals surface area contributed by atoms with E-state index in [9.17, 15) is 19.7 Å². The van der Waals surface area contributed by atoms with E-state index in [1.165, 1.54) is 25.1 Å². The largest absolute Gasteiger partial charge is 0.444 e. The molecule has 0 aliphatic carbocycles. The molecule has 8 nitrogen and oxygen atoms in total. The lowest BCUT2D eigenvalue weighted by Gasteiger charge is -2.21. The topological polar surface area (TPSA) is 108 Å². The SMILES string of the molecule is C[C@H](NC(=O)OC(C)(C)C)C(=O)Oc1cccc([N+](=O)[O-])c1. The van der Waals surface area contributed by atoms with Crippen molar-refractivity contribution in [2.24, 2.45) is 0 Å². The number of hydrogen-bond donors (Lipinski definition) is 1. The van der Waals surface area contributed by atoms with Crippen LogP contribution in [0.5, 0.6) is 5.75 Å². The third-order valence-corrected chi connectivity index (χ3v) is 2.33. The molecule has 0 aromatic heterocycles. The predicted molar refractivity (Wildman–Crippen MR) is 77.6 cm³/mol. The molecule has 1 aromatic rings. The molecular formula is C14H18N2O6. The van der Waals surface area contributed by atoms with Crippen molar-refractivity contribution in [2.45, 2.75) is 39.3 Å². The molecule has 0 radical (unpaired) electrons. The summed E-state index contributed by atoms with van der Waals surface area (Å²) in [6, 6.07) is 4.24. The number of non-ortho nitro benzene ring substituents is 1. The van der Waals surface area contributed by atoms with E-state index in [2.05, 4.69) is 5.32 Å². The average Bonchev–Trinajstić information content (AvgIpc) is 2.36. The number of ether oxygens (including phenoxy) is 2. The van der Waals surface area contributed by atoms with Gasteiger partial charge >= 0.3 is 12.1 Å². The van der Waals surface area contributed by atoms with E-state index >= 15 is 0 Å². The lowest BCUT2D eigenvalue weighted by molar-refractivity contribution is -0.384. The summed E-state index contributed by atoms with van der Waals surface area (Å²) >= 11 is 0. The van der Waals surface area contributed by atoms with E-state index in [1.807, 2.05) is 0 Å². The number of alkyl carbamates (subject to hydrolysis) is 1. The summed E-state index contributed by atoms with van der Waals surface area (Å²) in [6.45, 7) is 6.50. The highest BCUT2D eigenvalue weighted by atomic mass is 16.6. The number of esters is 1. The Hall–Kier alpha value is -2.64. The molecular weight excluding hydrogens is 292 g/mol. The first kappa shape index (κ1) is 17.4. The standard InChI is InChI=1S/C14H18N2O6/c1-9(15-13(18)22-14(2,3)4)12(17)21-11-7-5-6-10(8-11)16(19)20/h5-9H,1-4H3,(H,15,18)/t9-/m0/s1. The molecule has 0 aliphatic rings. The molecule has 8 heteroatoms. The van der Waals surface area contributed by atoms with Gasteiger partial charge in [0, 0.05) is 6.07 Å². The number of nitro benzene ring substituents is 1. The van der Waals surface area contributed by atoms with E-state index in [0.29, 0.717) is 0 Å². The van der Waals surface area contributed by atoms with Crippen LogP contribution in [0.3, 0.4) is 0 Å². The number of carbonyl (C=O) groups excluding carboxylic acids is 2. The van der Waals surface area contributed by atoms with Crippen molar-refractivity contribution in [2.75, 3.05) is 0 Å². The number of rotatable bonds is 4. The zero-order valence-electron chi connectivity index (χ0n) is 12.8. The Labute approximate surface area is 127 Å². The molecule has 1 rings (SSSR count). The van der Waals surface area contributed by atoms with Gasteiger partial charge in [-0.25, -0.2) is 9.59 Å². The van der Waals surface area contributed by atoms with Crippen LogP contribution < -0.4 is 10.1 Å². The predicted octanol–water partition coefficient (Wildman–Crippen LogP) is 2.41. The van der Waals surface area contributed by atoms with Crippen LogP contribution in [0, 0.1) is 10.1 Å². The molecule has 1 aromatic carbocycles. The van der Waals surface area contributed by atoms with Crippen LogP contribution in [0.4, 0.5) is 10.5 Å². The number of carbonyl (C=O) groups is 2. The van der Waals surface area contributed by atoms with Crippen molar-refractivity contribution >= 4 is 17.7 Å². The van der Waals surface area contributed by atoms with Crippen molar-refractivity contribution in [1.29, 1.82) is 0 Å². The van der Waals surface area contributed by atoms with Gasteiger partial charge in [0.2, 0.25) is 0 Å². The van der Waals surface area contributed by atoms with Crippen LogP contribution in [0.15, 0.2) is 24.3 Å². The fourth-order valence-electron chi connectivity index (χ4n) is 1.41. The molecule has 0 heterocycles. The molecule has 0 fully saturated rings. The first-order valence-electron chi connectivity index (χ1n) is 6.54. The summed E-state index contributed by atoms with van der Waals surface area (Å²) in [7, 11) is 0. The Morgan fingerprint density at radius 3 is 2.50 bits per heavy atom. The fourth-order valence-corrected chi connectivity index (χ4v) is 1.41. The summed E-state index contributed by atoms with van der Waals surface area (Å²) in [5, 5.41) is 13.0. The van der Waals surface area contributed by atoms with Crippen LogP contribution in [-0.2, 0) is 9.53 Å². The van der Waals surface area contributed by atoms with E-state index in [0.717, 1.165) is 6.07 Å². The van der Waals surface area contributed by atoms with Crippen LogP contribution >= 0.6 is 0 Å². The number of nitrogens with one attached hydrogen (secondary N) is 1. The second-order valence-corrected chi connectivity index (χ2v) is 5.54. The normalized spacial score (nSPS) is 12.2. The molecule has 0 bridgehead atoms. The van der Waals surface area contributed by atoms with Gasteiger partial charge in [0.25, 0.3) is 5.69 Å². The highest BCUT2D eigenvalue weighted by Gasteiger charge is 2.22. The van der Waals surface area contributed by atoms with Gasteiger partial charge in [0.15, 0.2) is 0 Å². The first-order valence-corrected chi connectivity index (χ1v) is 6.54. The highest BCUT2D eigenvalue weighted by molar-refractivity contribution is 5.82. The number of nitro groups is 1. The molecule has 22 heavy (non-hydrogen) atoms. The van der Waals surface area contributed by atoms with E-state index < -0.39 is 28.6 Å². The van der Waals surface area contributed by atoms with Gasteiger partial charge in [0.05, 0.1) is 11.0 Å². The minimum atomic E-state index is -0.964. The molecule has 1 atom stereocenters. The Kier molecular flexibility index (Phi) is 5.44. The van der Waals surface area contributed by atoms with Gasteiger partial charge in [-0.05, 0) is 33.8 Å². The average molecular weight is 310 g/mol. The minimum absolute atomic E-state index is 0.0250. The molecule has 0 saturated heterocycles. The molecule has 0 aliphatic heterocycles. The van der Waals surface area contributed by atoms with E-state index in [1.54, 1.807) is 20.8 Å². The molecule has 1 N–H and O–H groups in total. The number of benzene rings is 1. The molecule has 0 unspecified atom stereocenters. The summed E-state index contributed by atoms with van der Waals surface area (Å²) in [5.41, 5.74) is -0.883. The van der Waals surface area contributed by atoms with Gasteiger partial charge < -0.3 is 14.8 Å². The quantitative estimate of drug-likeness (QED) is 0.396. The van der Waals surface area contributed by atoms with Gasteiger partial charge in [-0.15, -0.1) is 0 Å². The number of hydrogen-bond acceptors (Lipinski definition) is 6. The maximum atomic E-state index is 11.8. The van der Waals surface area contributed by atoms with Crippen molar-refractivity contribution in [1.82, 2.24) is 5.32 Å². The fraction of sp³-hybridized carbons (Fsp3) is 0.429. The van der Waals surface area contributed by atoms with Crippen molar-refractivity contribution in [3.63, 3.8) is 0 Å². The van der Waals surface area contributed by atoms with E-state index in [4.69, 9.17) is 9.47 Å². The van der Waals surface area contributed by atoms with Gasteiger partial charge in [0.1, 0.15) is 17.4 Å². The van der Waals surface area contributed by atoms with Crippen LogP contribution in [0.1, 0.15) is 27.7 Å². The van der Waals surface area contributed by atoms with Crippen LogP contribution in [0.25, 0.3) is 0 Å². The third-order valence-electron chi connectivity index (χ3n) is 2.33. The maximum absolute atomic E-state index is 11.8. The smallest absolute Gasteiger partial charge is 0.408 e. The maximum Gasteiger partial charge on any atom is 0.408 e. The summed E-state index contributed by atoms with van der Waals surface area (Å²) in [6.07, 6.45) is -0.754.